The van der Waals surface area contributed by atoms with Crippen LogP contribution in [-0.4, -0.2) is 17.1 Å². The molecule has 0 aromatic heterocycles. The fraction of sp³-hybridized carbons (Fsp3) is 0.588. The highest BCUT2D eigenvalue weighted by Gasteiger charge is 2.20. The largest absolute Gasteiger partial charge is 0.481 e. The Hall–Kier alpha value is -1.35. The van der Waals surface area contributed by atoms with Crippen LogP contribution >= 0.6 is 0 Å². The Kier molecular flexibility index (Phi) is 5.18. The maximum absolute atomic E-state index is 10.9. The van der Waals surface area contributed by atoms with Gasteiger partial charge in [0.15, 0.2) is 0 Å². The van der Waals surface area contributed by atoms with Gasteiger partial charge in [0.1, 0.15) is 0 Å². The molecule has 3 unspecified atom stereocenters. The van der Waals surface area contributed by atoms with Crippen LogP contribution in [0.5, 0.6) is 0 Å². The van der Waals surface area contributed by atoms with Crippen LogP contribution in [0.3, 0.4) is 0 Å². The molecule has 0 saturated heterocycles. The quantitative estimate of drug-likeness (QED) is 0.864. The van der Waals surface area contributed by atoms with E-state index >= 15 is 0 Å². The first-order valence-electron chi connectivity index (χ1n) is 7.63. The molecule has 1 aliphatic carbocycles. The zero-order valence-electron chi connectivity index (χ0n) is 12.4. The zero-order valence-corrected chi connectivity index (χ0v) is 12.4. The molecule has 0 aliphatic heterocycles. The number of hydrogen-bond donors (Lipinski definition) is 2. The number of nitrogens with one attached hydrogen (secondary N) is 1. The number of benzene rings is 1. The molecule has 1 saturated carbocycles. The van der Waals surface area contributed by atoms with Crippen molar-refractivity contribution in [3.8, 4) is 0 Å². The fourth-order valence-corrected chi connectivity index (χ4v) is 2.94. The summed E-state index contributed by atoms with van der Waals surface area (Å²) in [6.07, 6.45) is 5.29. The molecule has 0 radical (unpaired) electrons. The molecular formula is C17H25NO2. The maximum atomic E-state index is 10.9. The molecule has 3 atom stereocenters. The Morgan fingerprint density at radius 3 is 2.55 bits per heavy atom. The summed E-state index contributed by atoms with van der Waals surface area (Å²) >= 11 is 0. The highest BCUT2D eigenvalue weighted by atomic mass is 16.4. The average molecular weight is 275 g/mol. The predicted molar refractivity (Wildman–Crippen MR) is 80.8 cm³/mol. The summed E-state index contributed by atoms with van der Waals surface area (Å²) < 4.78 is 0. The van der Waals surface area contributed by atoms with Crippen molar-refractivity contribution < 1.29 is 9.90 Å². The SMILES string of the molecule is CC(C(=O)O)c1ccc(CNC2CCCCC2C)cc1. The summed E-state index contributed by atoms with van der Waals surface area (Å²) in [5.41, 5.74) is 2.09. The van der Waals surface area contributed by atoms with E-state index < -0.39 is 11.9 Å². The van der Waals surface area contributed by atoms with Crippen molar-refractivity contribution in [3.63, 3.8) is 0 Å². The van der Waals surface area contributed by atoms with Crippen molar-refractivity contribution in [2.24, 2.45) is 5.92 Å². The van der Waals surface area contributed by atoms with Crippen LogP contribution in [0.15, 0.2) is 24.3 Å². The Bertz CT molecular complexity index is 441. The van der Waals surface area contributed by atoms with Gasteiger partial charge in [-0.2, -0.15) is 0 Å². The summed E-state index contributed by atoms with van der Waals surface area (Å²) in [6, 6.07) is 8.56. The van der Waals surface area contributed by atoms with Crippen LogP contribution in [0.2, 0.25) is 0 Å². The lowest BCUT2D eigenvalue weighted by Gasteiger charge is -2.29. The molecular weight excluding hydrogens is 250 g/mol. The smallest absolute Gasteiger partial charge is 0.310 e. The van der Waals surface area contributed by atoms with Gasteiger partial charge in [-0.05, 0) is 36.8 Å². The van der Waals surface area contributed by atoms with Crippen molar-refractivity contribution >= 4 is 5.97 Å². The summed E-state index contributed by atoms with van der Waals surface area (Å²) in [5.74, 6) is -0.447. The first-order valence-corrected chi connectivity index (χ1v) is 7.63. The van der Waals surface area contributed by atoms with Gasteiger partial charge in [-0.15, -0.1) is 0 Å². The first-order chi connectivity index (χ1) is 9.58. The second kappa shape index (κ2) is 6.89. The lowest BCUT2D eigenvalue weighted by molar-refractivity contribution is -0.138. The van der Waals surface area contributed by atoms with E-state index in [1.807, 2.05) is 24.3 Å². The normalized spacial score (nSPS) is 24.3. The monoisotopic (exact) mass is 275 g/mol. The van der Waals surface area contributed by atoms with Crippen LogP contribution in [-0.2, 0) is 11.3 Å². The van der Waals surface area contributed by atoms with Gasteiger partial charge in [-0.3, -0.25) is 4.79 Å². The maximum Gasteiger partial charge on any atom is 0.310 e. The molecule has 0 spiro atoms. The Morgan fingerprint density at radius 2 is 1.95 bits per heavy atom. The van der Waals surface area contributed by atoms with E-state index in [1.54, 1.807) is 6.92 Å². The third kappa shape index (κ3) is 3.83. The predicted octanol–water partition coefficient (Wildman–Crippen LogP) is 3.54. The van der Waals surface area contributed by atoms with E-state index in [4.69, 9.17) is 5.11 Å². The van der Waals surface area contributed by atoms with Gasteiger partial charge < -0.3 is 10.4 Å². The molecule has 1 aromatic rings. The van der Waals surface area contributed by atoms with Crippen molar-refractivity contribution in [2.45, 2.75) is 58.0 Å². The van der Waals surface area contributed by atoms with Crippen molar-refractivity contribution in [1.29, 1.82) is 0 Å². The van der Waals surface area contributed by atoms with E-state index in [1.165, 1.54) is 31.2 Å². The summed E-state index contributed by atoms with van der Waals surface area (Å²) in [5, 5.41) is 12.6. The third-order valence-corrected chi connectivity index (χ3v) is 4.53. The number of carbonyl (C=O) groups is 1. The van der Waals surface area contributed by atoms with Crippen LogP contribution < -0.4 is 5.32 Å². The van der Waals surface area contributed by atoms with Gasteiger partial charge in [-0.1, -0.05) is 44.0 Å². The van der Waals surface area contributed by atoms with E-state index in [0.29, 0.717) is 6.04 Å². The van der Waals surface area contributed by atoms with Crippen LogP contribution in [0.25, 0.3) is 0 Å². The summed E-state index contributed by atoms with van der Waals surface area (Å²) in [6.45, 7) is 4.92. The zero-order chi connectivity index (χ0) is 14.5. The minimum atomic E-state index is -0.771. The minimum Gasteiger partial charge on any atom is -0.481 e. The number of hydrogen-bond acceptors (Lipinski definition) is 2. The first kappa shape index (κ1) is 15.0. The number of rotatable bonds is 5. The fourth-order valence-electron chi connectivity index (χ4n) is 2.94. The minimum absolute atomic E-state index is 0.435. The topological polar surface area (TPSA) is 49.3 Å². The third-order valence-electron chi connectivity index (χ3n) is 4.53. The van der Waals surface area contributed by atoms with Gasteiger partial charge in [0.25, 0.3) is 0 Å². The molecule has 3 heteroatoms. The molecule has 0 heterocycles. The molecule has 1 aromatic carbocycles. The second-order valence-electron chi connectivity index (χ2n) is 6.05. The standard InChI is InChI=1S/C17H25NO2/c1-12-5-3-4-6-16(12)18-11-14-7-9-15(10-8-14)13(2)17(19)20/h7-10,12-13,16,18H,3-6,11H2,1-2H3,(H,19,20). The van der Waals surface area contributed by atoms with Crippen LogP contribution in [0.1, 0.15) is 56.6 Å². The van der Waals surface area contributed by atoms with Gasteiger partial charge >= 0.3 is 5.97 Å². The van der Waals surface area contributed by atoms with Crippen LogP contribution in [0, 0.1) is 5.92 Å². The molecule has 110 valence electrons. The van der Waals surface area contributed by atoms with Gasteiger partial charge in [0.05, 0.1) is 5.92 Å². The van der Waals surface area contributed by atoms with Gasteiger partial charge in [0.2, 0.25) is 0 Å². The van der Waals surface area contributed by atoms with E-state index in [9.17, 15) is 4.79 Å². The summed E-state index contributed by atoms with van der Waals surface area (Å²) in [7, 11) is 0. The average Bonchev–Trinajstić information content (AvgIpc) is 2.46. The molecule has 2 N–H and O–H groups in total. The van der Waals surface area contributed by atoms with Gasteiger partial charge in [-0.25, -0.2) is 0 Å². The lowest BCUT2D eigenvalue weighted by Crippen LogP contribution is -2.36. The van der Waals surface area contributed by atoms with E-state index in [2.05, 4.69) is 12.2 Å². The Balaban J connectivity index is 1.89. The highest BCUT2D eigenvalue weighted by Crippen LogP contribution is 2.24. The number of aliphatic carboxylic acids is 1. The molecule has 1 fully saturated rings. The Labute approximate surface area is 121 Å². The van der Waals surface area contributed by atoms with Crippen LogP contribution in [0.4, 0.5) is 0 Å². The molecule has 20 heavy (non-hydrogen) atoms. The summed E-state index contributed by atoms with van der Waals surface area (Å²) in [4.78, 5) is 10.9. The molecule has 3 nitrogen and oxygen atoms in total. The lowest BCUT2D eigenvalue weighted by atomic mass is 9.86. The van der Waals surface area contributed by atoms with E-state index in [0.717, 1.165) is 18.0 Å². The highest BCUT2D eigenvalue weighted by molar-refractivity contribution is 5.75. The molecule has 2 rings (SSSR count). The number of carboxylic acids is 1. The molecule has 0 bridgehead atoms. The van der Waals surface area contributed by atoms with Gasteiger partial charge in [0, 0.05) is 12.6 Å². The molecule has 1 aliphatic rings. The molecule has 0 amide bonds. The van der Waals surface area contributed by atoms with Crippen molar-refractivity contribution in [1.82, 2.24) is 5.32 Å². The van der Waals surface area contributed by atoms with Crippen molar-refractivity contribution in [3.05, 3.63) is 35.4 Å². The van der Waals surface area contributed by atoms with Crippen molar-refractivity contribution in [2.75, 3.05) is 0 Å². The number of carboxylic acid groups (broad SMARTS) is 1. The van der Waals surface area contributed by atoms with E-state index in [-0.39, 0.29) is 0 Å². The second-order valence-corrected chi connectivity index (χ2v) is 6.05. The Morgan fingerprint density at radius 1 is 1.30 bits per heavy atom.